The van der Waals surface area contributed by atoms with Crippen LogP contribution in [0, 0.1) is 0 Å². The molecule has 1 aromatic carbocycles. The molecule has 0 saturated heterocycles. The highest BCUT2D eigenvalue weighted by molar-refractivity contribution is 5.56. The Balaban J connectivity index is 2.30. The number of nitrogens with zero attached hydrogens (tertiary/aromatic N) is 2. The summed E-state index contributed by atoms with van der Waals surface area (Å²) in [7, 11) is 3.30. The predicted octanol–water partition coefficient (Wildman–Crippen LogP) is 3.11. The molecule has 0 aliphatic heterocycles. The van der Waals surface area contributed by atoms with Crippen LogP contribution in [0.1, 0.15) is 13.3 Å². The van der Waals surface area contributed by atoms with E-state index >= 15 is 0 Å². The van der Waals surface area contributed by atoms with Crippen molar-refractivity contribution in [3.05, 3.63) is 30.6 Å². The number of benzene rings is 1. The molecule has 0 radical (unpaired) electrons. The molecule has 0 fully saturated rings. The van der Waals surface area contributed by atoms with Crippen molar-refractivity contribution in [1.82, 2.24) is 9.97 Å². The molecular formula is C15H19N3O3. The maximum absolute atomic E-state index is 5.83. The summed E-state index contributed by atoms with van der Waals surface area (Å²) in [4.78, 5) is 8.20. The van der Waals surface area contributed by atoms with Gasteiger partial charge in [-0.25, -0.2) is 4.98 Å². The van der Waals surface area contributed by atoms with Crippen molar-refractivity contribution in [1.29, 1.82) is 0 Å². The third-order valence-corrected chi connectivity index (χ3v) is 2.73. The van der Waals surface area contributed by atoms with Crippen molar-refractivity contribution in [2.45, 2.75) is 13.3 Å². The van der Waals surface area contributed by atoms with Gasteiger partial charge in [0.25, 0.3) is 5.88 Å². The molecule has 0 aliphatic carbocycles. The maximum atomic E-state index is 5.83. The van der Waals surface area contributed by atoms with E-state index < -0.39 is 0 Å². The van der Waals surface area contributed by atoms with Crippen molar-refractivity contribution in [3.8, 4) is 23.1 Å². The van der Waals surface area contributed by atoms with Gasteiger partial charge in [0.1, 0.15) is 6.33 Å². The van der Waals surface area contributed by atoms with E-state index in [1.165, 1.54) is 6.33 Å². The summed E-state index contributed by atoms with van der Waals surface area (Å²) in [5.74, 6) is 2.61. The number of hydrogen-bond donors (Lipinski definition) is 1. The summed E-state index contributed by atoms with van der Waals surface area (Å²) in [6.07, 6.45) is 2.34. The van der Waals surface area contributed by atoms with Crippen LogP contribution < -0.4 is 19.5 Å². The molecule has 6 nitrogen and oxygen atoms in total. The minimum atomic E-state index is 0.337. The van der Waals surface area contributed by atoms with Gasteiger partial charge in [-0.15, -0.1) is 0 Å². The molecular weight excluding hydrogens is 270 g/mol. The van der Waals surface area contributed by atoms with Gasteiger partial charge in [-0.2, -0.15) is 4.98 Å². The molecule has 0 unspecified atom stereocenters. The van der Waals surface area contributed by atoms with Crippen molar-refractivity contribution in [2.75, 3.05) is 26.1 Å². The van der Waals surface area contributed by atoms with E-state index in [1.54, 1.807) is 14.2 Å². The minimum absolute atomic E-state index is 0.337. The summed E-state index contributed by atoms with van der Waals surface area (Å²) in [6.45, 7) is 2.68. The average molecular weight is 289 g/mol. The lowest BCUT2D eigenvalue weighted by Gasteiger charge is -2.14. The molecule has 21 heavy (non-hydrogen) atoms. The second kappa shape index (κ2) is 7.33. The Kier molecular flexibility index (Phi) is 5.20. The van der Waals surface area contributed by atoms with E-state index in [0.29, 0.717) is 35.6 Å². The third-order valence-electron chi connectivity index (χ3n) is 2.73. The lowest BCUT2D eigenvalue weighted by atomic mass is 10.3. The summed E-state index contributed by atoms with van der Waals surface area (Å²) < 4.78 is 16.8. The largest absolute Gasteiger partial charge is 0.490 e. The zero-order valence-corrected chi connectivity index (χ0v) is 12.4. The second-order valence-electron chi connectivity index (χ2n) is 4.21. The van der Waals surface area contributed by atoms with Gasteiger partial charge >= 0.3 is 0 Å². The molecule has 0 aliphatic rings. The molecule has 112 valence electrons. The van der Waals surface area contributed by atoms with Gasteiger partial charge in [0, 0.05) is 7.05 Å². The highest BCUT2D eigenvalue weighted by Gasteiger charge is 2.15. The molecule has 2 rings (SSSR count). The lowest BCUT2D eigenvalue weighted by Crippen LogP contribution is -2.02. The van der Waals surface area contributed by atoms with Crippen molar-refractivity contribution >= 4 is 5.82 Å². The van der Waals surface area contributed by atoms with Crippen molar-refractivity contribution < 1.29 is 14.2 Å². The van der Waals surface area contributed by atoms with Crippen LogP contribution in [0.5, 0.6) is 23.1 Å². The molecule has 1 aromatic heterocycles. The highest BCUT2D eigenvalue weighted by Crippen LogP contribution is 2.37. The van der Waals surface area contributed by atoms with Crippen LogP contribution in [0.4, 0.5) is 5.82 Å². The topological polar surface area (TPSA) is 65.5 Å². The van der Waals surface area contributed by atoms with E-state index in [9.17, 15) is 0 Å². The zero-order chi connectivity index (χ0) is 15.1. The van der Waals surface area contributed by atoms with Crippen LogP contribution >= 0.6 is 0 Å². The van der Waals surface area contributed by atoms with Gasteiger partial charge < -0.3 is 19.5 Å². The minimum Gasteiger partial charge on any atom is -0.490 e. The first kappa shape index (κ1) is 14.9. The highest BCUT2D eigenvalue weighted by atomic mass is 16.5. The first-order valence-corrected chi connectivity index (χ1v) is 6.76. The monoisotopic (exact) mass is 289 g/mol. The summed E-state index contributed by atoms with van der Waals surface area (Å²) in [6, 6.07) is 7.46. The van der Waals surface area contributed by atoms with Crippen LogP contribution in [-0.4, -0.2) is 30.7 Å². The summed E-state index contributed by atoms with van der Waals surface area (Å²) in [5, 5.41) is 2.93. The van der Waals surface area contributed by atoms with Crippen LogP contribution in [-0.2, 0) is 0 Å². The summed E-state index contributed by atoms with van der Waals surface area (Å²) in [5.41, 5.74) is 0. The van der Waals surface area contributed by atoms with E-state index in [1.807, 2.05) is 24.3 Å². The van der Waals surface area contributed by atoms with Gasteiger partial charge in [0.2, 0.25) is 5.75 Å². The van der Waals surface area contributed by atoms with Gasteiger partial charge in [-0.05, 0) is 18.6 Å². The Labute approximate surface area is 124 Å². The van der Waals surface area contributed by atoms with Crippen LogP contribution in [0.2, 0.25) is 0 Å². The fourth-order valence-electron chi connectivity index (χ4n) is 1.76. The number of aromatic nitrogens is 2. The molecule has 2 aromatic rings. The lowest BCUT2D eigenvalue weighted by molar-refractivity contribution is 0.297. The normalized spacial score (nSPS) is 10.0. The molecule has 0 spiro atoms. The van der Waals surface area contributed by atoms with Crippen molar-refractivity contribution in [2.24, 2.45) is 0 Å². The SMILES string of the molecule is CCCOc1ccccc1Oc1ncnc(NC)c1OC. The smallest absolute Gasteiger partial charge is 0.268 e. The molecule has 1 heterocycles. The fourth-order valence-corrected chi connectivity index (χ4v) is 1.76. The first-order valence-electron chi connectivity index (χ1n) is 6.76. The maximum Gasteiger partial charge on any atom is 0.268 e. The number of nitrogens with one attached hydrogen (secondary N) is 1. The fraction of sp³-hybridized carbons (Fsp3) is 0.333. The number of para-hydroxylation sites is 2. The van der Waals surface area contributed by atoms with E-state index in [-0.39, 0.29) is 0 Å². The predicted molar refractivity (Wildman–Crippen MR) is 80.4 cm³/mol. The number of hydrogen-bond acceptors (Lipinski definition) is 6. The van der Waals surface area contributed by atoms with Crippen LogP contribution in [0.3, 0.4) is 0 Å². The van der Waals surface area contributed by atoms with Gasteiger partial charge in [0.05, 0.1) is 13.7 Å². The Bertz CT molecular complexity index is 590. The standard InChI is InChI=1S/C15H19N3O3/c1-4-9-20-11-7-5-6-8-12(11)21-15-13(19-3)14(16-2)17-10-18-15/h5-8,10H,4,9H2,1-3H3,(H,16,17,18). The Hall–Kier alpha value is -2.50. The first-order chi connectivity index (χ1) is 10.3. The second-order valence-corrected chi connectivity index (χ2v) is 4.21. The number of rotatable bonds is 7. The Morgan fingerprint density at radius 2 is 1.90 bits per heavy atom. The molecule has 6 heteroatoms. The van der Waals surface area contributed by atoms with E-state index in [2.05, 4.69) is 22.2 Å². The molecule has 0 bridgehead atoms. The number of ether oxygens (including phenoxy) is 3. The van der Waals surface area contributed by atoms with Crippen LogP contribution in [0.25, 0.3) is 0 Å². The Morgan fingerprint density at radius 3 is 2.57 bits per heavy atom. The number of anilines is 1. The Morgan fingerprint density at radius 1 is 1.14 bits per heavy atom. The van der Waals surface area contributed by atoms with Gasteiger partial charge in [-0.3, -0.25) is 0 Å². The van der Waals surface area contributed by atoms with Crippen LogP contribution in [0.15, 0.2) is 30.6 Å². The molecule has 1 N–H and O–H groups in total. The van der Waals surface area contributed by atoms with Gasteiger partial charge in [-0.1, -0.05) is 19.1 Å². The average Bonchev–Trinajstić information content (AvgIpc) is 2.53. The molecule has 0 saturated carbocycles. The van der Waals surface area contributed by atoms with E-state index in [4.69, 9.17) is 14.2 Å². The molecule has 0 atom stereocenters. The zero-order valence-electron chi connectivity index (χ0n) is 12.4. The number of methoxy groups -OCH3 is 1. The van der Waals surface area contributed by atoms with Crippen molar-refractivity contribution in [3.63, 3.8) is 0 Å². The summed E-state index contributed by atoms with van der Waals surface area (Å²) >= 11 is 0. The van der Waals surface area contributed by atoms with E-state index in [0.717, 1.165) is 6.42 Å². The quantitative estimate of drug-likeness (QED) is 0.845. The van der Waals surface area contributed by atoms with Gasteiger partial charge in [0.15, 0.2) is 17.3 Å². The third kappa shape index (κ3) is 3.53. The molecule has 0 amide bonds.